The van der Waals surface area contributed by atoms with Gasteiger partial charge in [-0.25, -0.2) is 8.78 Å². The van der Waals surface area contributed by atoms with Crippen molar-refractivity contribution in [1.82, 2.24) is 15.6 Å². The summed E-state index contributed by atoms with van der Waals surface area (Å²) in [6.07, 6.45) is 6.53. The Bertz CT molecular complexity index is 732. The normalized spacial score (nSPS) is 16.8. The molecule has 1 amide bonds. The quantitative estimate of drug-likeness (QED) is 0.338. The van der Waals surface area contributed by atoms with Crippen LogP contribution >= 0.6 is 0 Å². The van der Waals surface area contributed by atoms with Gasteiger partial charge in [0.25, 0.3) is 0 Å². The van der Waals surface area contributed by atoms with Gasteiger partial charge in [0.05, 0.1) is 12.1 Å². The number of nitrogens with zero attached hydrogens (tertiary/aromatic N) is 2. The van der Waals surface area contributed by atoms with E-state index in [2.05, 4.69) is 22.3 Å². The minimum Gasteiger partial charge on any atom is -0.390 e. The third-order valence-electron chi connectivity index (χ3n) is 5.29. The summed E-state index contributed by atoms with van der Waals surface area (Å²) in [6, 6.07) is 2.57. The lowest BCUT2D eigenvalue weighted by Gasteiger charge is -2.27. The van der Waals surface area contributed by atoms with E-state index in [0.29, 0.717) is 5.56 Å². The molecule has 1 aromatic carbocycles. The van der Waals surface area contributed by atoms with Crippen molar-refractivity contribution < 1.29 is 18.7 Å². The summed E-state index contributed by atoms with van der Waals surface area (Å²) in [6.45, 7) is 7.99. The SMILES string of the molecule is C=CN(CCCC1(NCC(O)C(Cc2cc(F)cc(F)c2)NC(C)=O)CC1)/N=C\C. The fourth-order valence-corrected chi connectivity index (χ4v) is 3.58. The highest BCUT2D eigenvalue weighted by Crippen LogP contribution is 2.39. The maximum Gasteiger partial charge on any atom is 0.217 e. The minimum absolute atomic E-state index is 0.0184. The number of benzene rings is 1. The van der Waals surface area contributed by atoms with Gasteiger partial charge in [0.1, 0.15) is 11.6 Å². The minimum atomic E-state index is -0.896. The smallest absolute Gasteiger partial charge is 0.217 e. The van der Waals surface area contributed by atoms with Gasteiger partial charge in [0.2, 0.25) is 5.91 Å². The number of rotatable bonds is 13. The summed E-state index contributed by atoms with van der Waals surface area (Å²) < 4.78 is 27.0. The highest BCUT2D eigenvalue weighted by atomic mass is 19.1. The van der Waals surface area contributed by atoms with Crippen LogP contribution in [0, 0.1) is 11.6 Å². The average Bonchev–Trinajstić information content (AvgIpc) is 3.44. The number of aliphatic hydroxyl groups excluding tert-OH is 1. The van der Waals surface area contributed by atoms with Crippen molar-refractivity contribution in [3.8, 4) is 0 Å². The topological polar surface area (TPSA) is 77.0 Å². The van der Waals surface area contributed by atoms with Crippen LogP contribution in [0.15, 0.2) is 36.1 Å². The second-order valence-corrected chi connectivity index (χ2v) is 7.84. The molecule has 166 valence electrons. The molecule has 3 N–H and O–H groups in total. The fourth-order valence-electron chi connectivity index (χ4n) is 3.58. The molecule has 0 spiro atoms. The van der Waals surface area contributed by atoms with Gasteiger partial charge in [0.15, 0.2) is 0 Å². The number of halogens is 2. The van der Waals surface area contributed by atoms with Gasteiger partial charge >= 0.3 is 0 Å². The number of aliphatic hydroxyl groups is 1. The number of hydrazone groups is 1. The molecular weight excluding hydrogens is 390 g/mol. The van der Waals surface area contributed by atoms with E-state index in [0.717, 1.165) is 38.3 Å². The summed E-state index contributed by atoms with van der Waals surface area (Å²) in [7, 11) is 0. The fraction of sp³-hybridized carbons (Fsp3) is 0.545. The van der Waals surface area contributed by atoms with Crippen LogP contribution in [0.25, 0.3) is 0 Å². The molecular formula is C22H32F2N4O2. The Labute approximate surface area is 177 Å². The molecule has 1 aliphatic rings. The second kappa shape index (κ2) is 11.2. The van der Waals surface area contributed by atoms with E-state index in [1.54, 1.807) is 17.4 Å². The summed E-state index contributed by atoms with van der Waals surface area (Å²) in [5.41, 5.74) is 0.364. The van der Waals surface area contributed by atoms with Crippen molar-refractivity contribution in [2.24, 2.45) is 5.10 Å². The van der Waals surface area contributed by atoms with Gasteiger partial charge < -0.3 is 15.7 Å². The Morgan fingerprint density at radius 3 is 2.57 bits per heavy atom. The molecule has 8 heteroatoms. The molecule has 1 fully saturated rings. The molecule has 0 heterocycles. The molecule has 1 aromatic rings. The van der Waals surface area contributed by atoms with E-state index in [4.69, 9.17) is 0 Å². The molecule has 0 radical (unpaired) electrons. The number of hydrogen-bond donors (Lipinski definition) is 3. The van der Waals surface area contributed by atoms with Gasteiger partial charge in [-0.05, 0) is 56.7 Å². The Balaban J connectivity index is 1.89. The van der Waals surface area contributed by atoms with Crippen LogP contribution in [0.5, 0.6) is 0 Å². The van der Waals surface area contributed by atoms with E-state index >= 15 is 0 Å². The third kappa shape index (κ3) is 7.84. The van der Waals surface area contributed by atoms with Crippen LogP contribution in [0.4, 0.5) is 8.78 Å². The molecule has 2 rings (SSSR count). The summed E-state index contributed by atoms with van der Waals surface area (Å²) >= 11 is 0. The first-order valence-electron chi connectivity index (χ1n) is 10.3. The number of amides is 1. The molecule has 2 atom stereocenters. The predicted molar refractivity (Wildman–Crippen MR) is 114 cm³/mol. The largest absolute Gasteiger partial charge is 0.390 e. The molecule has 30 heavy (non-hydrogen) atoms. The molecule has 6 nitrogen and oxygen atoms in total. The first-order valence-corrected chi connectivity index (χ1v) is 10.3. The van der Waals surface area contributed by atoms with Gasteiger partial charge in [-0.3, -0.25) is 9.80 Å². The van der Waals surface area contributed by atoms with E-state index in [-0.39, 0.29) is 24.4 Å². The van der Waals surface area contributed by atoms with E-state index in [9.17, 15) is 18.7 Å². The first-order chi connectivity index (χ1) is 14.3. The van der Waals surface area contributed by atoms with Crippen LogP contribution in [-0.2, 0) is 11.2 Å². The Morgan fingerprint density at radius 2 is 2.03 bits per heavy atom. The second-order valence-electron chi connectivity index (χ2n) is 7.84. The zero-order chi connectivity index (χ0) is 22.1. The van der Waals surface area contributed by atoms with Crippen molar-refractivity contribution in [3.63, 3.8) is 0 Å². The summed E-state index contributed by atoms with van der Waals surface area (Å²) in [5, 5.41) is 22.8. The van der Waals surface area contributed by atoms with Crippen LogP contribution in [0.2, 0.25) is 0 Å². The van der Waals surface area contributed by atoms with Crippen LogP contribution < -0.4 is 10.6 Å². The van der Waals surface area contributed by atoms with Crippen molar-refractivity contribution in [2.75, 3.05) is 13.1 Å². The molecule has 1 saturated carbocycles. The van der Waals surface area contributed by atoms with Crippen molar-refractivity contribution in [1.29, 1.82) is 0 Å². The Hall–Kier alpha value is -2.32. The molecule has 0 bridgehead atoms. The highest BCUT2D eigenvalue weighted by Gasteiger charge is 2.42. The molecule has 2 unspecified atom stereocenters. The number of carbonyl (C=O) groups excluding carboxylic acids is 1. The van der Waals surface area contributed by atoms with Gasteiger partial charge in [-0.1, -0.05) is 6.58 Å². The van der Waals surface area contributed by atoms with Gasteiger partial charge in [-0.15, -0.1) is 0 Å². The maximum absolute atomic E-state index is 13.5. The van der Waals surface area contributed by atoms with Crippen LogP contribution in [0.3, 0.4) is 0 Å². The highest BCUT2D eigenvalue weighted by molar-refractivity contribution is 5.73. The van der Waals surface area contributed by atoms with Crippen LogP contribution in [-0.4, -0.2) is 53.0 Å². The Morgan fingerprint density at radius 1 is 1.37 bits per heavy atom. The molecule has 0 aromatic heterocycles. The van der Waals surface area contributed by atoms with Gasteiger partial charge in [0, 0.05) is 44.0 Å². The number of hydrogen-bond acceptors (Lipinski definition) is 5. The van der Waals surface area contributed by atoms with Gasteiger partial charge in [-0.2, -0.15) is 5.10 Å². The Kier molecular flexibility index (Phi) is 8.92. The average molecular weight is 423 g/mol. The molecule has 1 aliphatic carbocycles. The van der Waals surface area contributed by atoms with E-state index in [1.807, 2.05) is 6.92 Å². The van der Waals surface area contributed by atoms with Crippen molar-refractivity contribution in [3.05, 3.63) is 48.2 Å². The van der Waals surface area contributed by atoms with E-state index < -0.39 is 23.8 Å². The van der Waals surface area contributed by atoms with E-state index in [1.165, 1.54) is 19.1 Å². The third-order valence-corrected chi connectivity index (χ3v) is 5.29. The monoisotopic (exact) mass is 422 g/mol. The molecule has 0 aliphatic heterocycles. The summed E-state index contributed by atoms with van der Waals surface area (Å²) in [5.74, 6) is -1.67. The van der Waals surface area contributed by atoms with Crippen molar-refractivity contribution >= 4 is 12.1 Å². The zero-order valence-corrected chi connectivity index (χ0v) is 17.7. The lowest BCUT2D eigenvalue weighted by atomic mass is 10.00. The maximum atomic E-state index is 13.5. The number of nitrogens with one attached hydrogen (secondary N) is 2. The predicted octanol–water partition coefficient (Wildman–Crippen LogP) is 2.73. The number of carbonyl (C=O) groups is 1. The van der Waals surface area contributed by atoms with Crippen LogP contribution in [0.1, 0.15) is 45.1 Å². The molecule has 0 saturated heterocycles. The lowest BCUT2D eigenvalue weighted by Crippen LogP contribution is -2.50. The summed E-state index contributed by atoms with van der Waals surface area (Å²) in [4.78, 5) is 11.6. The first kappa shape index (κ1) is 24.0. The number of β-amino-alcohol motifs (C(OH)–C–C–N with tert-alkyl or cyclic N) is 1. The van der Waals surface area contributed by atoms with Crippen molar-refractivity contribution in [2.45, 2.75) is 63.6 Å². The standard InChI is InChI=1S/C22H32F2N4O2/c1-4-26-28(5-2)10-6-7-22(8-9-22)25-15-21(30)20(27-16(3)29)13-17-11-18(23)14-19(24)12-17/h4-5,11-12,14,20-21,25,30H,2,6-10,13,15H2,1,3H3,(H,27,29)/b26-4-. The zero-order valence-electron chi connectivity index (χ0n) is 17.7. The lowest BCUT2D eigenvalue weighted by molar-refractivity contribution is -0.120.